The summed E-state index contributed by atoms with van der Waals surface area (Å²) in [6, 6.07) is 2.05. The van der Waals surface area contributed by atoms with Gasteiger partial charge in [0.15, 0.2) is 11.6 Å². The van der Waals surface area contributed by atoms with Crippen molar-refractivity contribution in [2.24, 2.45) is 0 Å². The maximum Gasteiger partial charge on any atom is 0.326 e. The minimum atomic E-state index is -1.16. The van der Waals surface area contributed by atoms with Crippen molar-refractivity contribution in [1.82, 2.24) is 5.32 Å². The smallest absolute Gasteiger partial charge is 0.326 e. The van der Waals surface area contributed by atoms with Gasteiger partial charge in [0.1, 0.15) is 6.04 Å². The molecule has 1 amide bonds. The number of carbonyl (C=O) groups excluding carboxylic acids is 1. The SMILES string of the molecule is C#CCCC[C@H](NC(=O)Cc1ccc(F)c(F)c1)C(=O)O. The number of nitrogens with one attached hydrogen (secondary N) is 1. The Morgan fingerprint density at radius 3 is 2.62 bits per heavy atom. The molecule has 0 aromatic heterocycles. The third kappa shape index (κ3) is 5.61. The van der Waals surface area contributed by atoms with Gasteiger partial charge in [0, 0.05) is 6.42 Å². The second-order valence-corrected chi connectivity index (χ2v) is 4.48. The Bertz CT molecular complexity index is 567. The molecule has 0 aliphatic rings. The monoisotopic (exact) mass is 295 g/mol. The van der Waals surface area contributed by atoms with E-state index in [1.54, 1.807) is 0 Å². The zero-order valence-electron chi connectivity index (χ0n) is 11.2. The molecule has 1 aromatic rings. The van der Waals surface area contributed by atoms with Crippen LogP contribution in [0, 0.1) is 24.0 Å². The summed E-state index contributed by atoms with van der Waals surface area (Å²) in [4.78, 5) is 22.7. The molecule has 0 aliphatic carbocycles. The van der Waals surface area contributed by atoms with Gasteiger partial charge in [0.2, 0.25) is 5.91 Å². The minimum absolute atomic E-state index is 0.211. The first-order chi connectivity index (χ1) is 9.93. The van der Waals surface area contributed by atoms with Crippen molar-refractivity contribution in [2.45, 2.75) is 31.7 Å². The molecular weight excluding hydrogens is 280 g/mol. The first kappa shape index (κ1) is 16.6. The number of carbonyl (C=O) groups is 2. The van der Waals surface area contributed by atoms with E-state index in [9.17, 15) is 18.4 Å². The summed E-state index contributed by atoms with van der Waals surface area (Å²) >= 11 is 0. The van der Waals surface area contributed by atoms with Gasteiger partial charge in [-0.05, 0) is 30.5 Å². The number of terminal acetylenes is 1. The summed E-state index contributed by atoms with van der Waals surface area (Å²) in [5.41, 5.74) is 0.263. The van der Waals surface area contributed by atoms with Crippen molar-refractivity contribution < 1.29 is 23.5 Å². The molecule has 112 valence electrons. The maximum absolute atomic E-state index is 13.0. The van der Waals surface area contributed by atoms with Crippen molar-refractivity contribution in [3.63, 3.8) is 0 Å². The third-order valence-corrected chi connectivity index (χ3v) is 2.80. The van der Waals surface area contributed by atoms with E-state index in [2.05, 4.69) is 11.2 Å². The number of halogens is 2. The lowest BCUT2D eigenvalue weighted by molar-refractivity contribution is -0.141. The molecule has 0 aliphatic heterocycles. The average Bonchev–Trinajstić information content (AvgIpc) is 2.42. The topological polar surface area (TPSA) is 66.4 Å². The molecule has 4 nitrogen and oxygen atoms in total. The molecule has 0 spiro atoms. The number of hydrogen-bond donors (Lipinski definition) is 2. The molecule has 6 heteroatoms. The summed E-state index contributed by atoms with van der Waals surface area (Å²) in [6.07, 6.45) is 5.95. The predicted octanol–water partition coefficient (Wildman–Crippen LogP) is 1.88. The standard InChI is InChI=1S/C15H15F2NO3/c1-2-3-4-5-13(15(20)21)18-14(19)9-10-6-7-11(16)12(17)8-10/h1,6-8,13H,3-5,9H2,(H,18,19)(H,20,21)/t13-/m0/s1. The van der Waals surface area contributed by atoms with Crippen LogP contribution in [0.25, 0.3) is 0 Å². The number of rotatable bonds is 7. The maximum atomic E-state index is 13.0. The Balaban J connectivity index is 2.59. The zero-order chi connectivity index (χ0) is 15.8. The first-order valence-electron chi connectivity index (χ1n) is 6.33. The van der Waals surface area contributed by atoms with Gasteiger partial charge in [-0.1, -0.05) is 6.07 Å². The Morgan fingerprint density at radius 1 is 1.33 bits per heavy atom. The number of amides is 1. The van der Waals surface area contributed by atoms with Gasteiger partial charge in [-0.25, -0.2) is 13.6 Å². The van der Waals surface area contributed by atoms with Crippen LogP contribution >= 0.6 is 0 Å². The Morgan fingerprint density at radius 2 is 2.05 bits per heavy atom. The molecule has 0 radical (unpaired) electrons. The van der Waals surface area contributed by atoms with Crippen LogP contribution in [0.5, 0.6) is 0 Å². The normalized spacial score (nSPS) is 11.5. The fraction of sp³-hybridized carbons (Fsp3) is 0.333. The fourth-order valence-corrected chi connectivity index (χ4v) is 1.75. The van der Waals surface area contributed by atoms with Crippen LogP contribution in [0.1, 0.15) is 24.8 Å². The van der Waals surface area contributed by atoms with Crippen LogP contribution in [-0.2, 0) is 16.0 Å². The van der Waals surface area contributed by atoms with Gasteiger partial charge in [0.25, 0.3) is 0 Å². The highest BCUT2D eigenvalue weighted by Gasteiger charge is 2.19. The molecule has 0 fully saturated rings. The van der Waals surface area contributed by atoms with E-state index >= 15 is 0 Å². The van der Waals surface area contributed by atoms with Crippen LogP contribution < -0.4 is 5.32 Å². The molecule has 1 atom stereocenters. The number of unbranched alkanes of at least 4 members (excludes halogenated alkanes) is 1. The molecule has 0 saturated carbocycles. The van der Waals surface area contributed by atoms with Gasteiger partial charge >= 0.3 is 5.97 Å². The van der Waals surface area contributed by atoms with Crippen LogP contribution in [0.4, 0.5) is 8.78 Å². The quantitative estimate of drug-likeness (QED) is 0.596. The summed E-state index contributed by atoms with van der Waals surface area (Å²) < 4.78 is 25.8. The number of aliphatic carboxylic acids is 1. The Kier molecular flexibility index (Phi) is 6.34. The molecule has 2 N–H and O–H groups in total. The highest BCUT2D eigenvalue weighted by Crippen LogP contribution is 2.09. The van der Waals surface area contributed by atoms with Crippen LogP contribution in [0.2, 0.25) is 0 Å². The molecule has 0 unspecified atom stereocenters. The zero-order valence-corrected chi connectivity index (χ0v) is 11.2. The van der Waals surface area contributed by atoms with Crippen molar-refractivity contribution in [2.75, 3.05) is 0 Å². The van der Waals surface area contributed by atoms with Gasteiger partial charge in [-0.2, -0.15) is 0 Å². The largest absolute Gasteiger partial charge is 0.480 e. The first-order valence-corrected chi connectivity index (χ1v) is 6.33. The lowest BCUT2D eigenvalue weighted by Gasteiger charge is -2.14. The van der Waals surface area contributed by atoms with Gasteiger partial charge in [0.05, 0.1) is 6.42 Å². The number of carboxylic acid groups (broad SMARTS) is 1. The number of hydrogen-bond acceptors (Lipinski definition) is 2. The van der Waals surface area contributed by atoms with E-state index in [-0.39, 0.29) is 18.4 Å². The van der Waals surface area contributed by atoms with E-state index in [1.165, 1.54) is 6.07 Å². The summed E-state index contributed by atoms with van der Waals surface area (Å²) in [5.74, 6) is -1.41. The second-order valence-electron chi connectivity index (χ2n) is 4.48. The summed E-state index contributed by atoms with van der Waals surface area (Å²) in [5, 5.41) is 11.3. The Hall–Kier alpha value is -2.42. The molecule has 0 bridgehead atoms. The number of benzene rings is 1. The number of carboxylic acids is 1. The predicted molar refractivity (Wildman–Crippen MR) is 72.3 cm³/mol. The summed E-state index contributed by atoms with van der Waals surface area (Å²) in [6.45, 7) is 0. The van der Waals surface area contributed by atoms with E-state index in [0.29, 0.717) is 12.8 Å². The molecular formula is C15H15F2NO3. The minimum Gasteiger partial charge on any atom is -0.480 e. The van der Waals surface area contributed by atoms with E-state index in [0.717, 1.165) is 12.1 Å². The van der Waals surface area contributed by atoms with Crippen molar-refractivity contribution in [3.05, 3.63) is 35.4 Å². The molecule has 0 saturated heterocycles. The van der Waals surface area contributed by atoms with Crippen LogP contribution in [0.3, 0.4) is 0 Å². The fourth-order valence-electron chi connectivity index (χ4n) is 1.75. The molecule has 21 heavy (non-hydrogen) atoms. The lowest BCUT2D eigenvalue weighted by atomic mass is 10.1. The van der Waals surface area contributed by atoms with Gasteiger partial charge < -0.3 is 10.4 Å². The third-order valence-electron chi connectivity index (χ3n) is 2.80. The highest BCUT2D eigenvalue weighted by atomic mass is 19.2. The summed E-state index contributed by atoms with van der Waals surface area (Å²) in [7, 11) is 0. The van der Waals surface area contributed by atoms with Crippen LogP contribution in [0.15, 0.2) is 18.2 Å². The second kappa shape index (κ2) is 8.00. The Labute approximate surface area is 121 Å². The van der Waals surface area contributed by atoms with Crippen molar-refractivity contribution >= 4 is 11.9 Å². The molecule has 1 rings (SSSR count). The van der Waals surface area contributed by atoms with Crippen molar-refractivity contribution in [3.8, 4) is 12.3 Å². The van der Waals surface area contributed by atoms with Gasteiger partial charge in [-0.3, -0.25) is 4.79 Å². The van der Waals surface area contributed by atoms with E-state index in [1.807, 2.05) is 0 Å². The van der Waals surface area contributed by atoms with E-state index < -0.39 is 29.6 Å². The van der Waals surface area contributed by atoms with Gasteiger partial charge in [-0.15, -0.1) is 12.3 Å². The lowest BCUT2D eigenvalue weighted by Crippen LogP contribution is -2.41. The molecule has 1 aromatic carbocycles. The van der Waals surface area contributed by atoms with E-state index in [4.69, 9.17) is 11.5 Å². The average molecular weight is 295 g/mol. The molecule has 0 heterocycles. The highest BCUT2D eigenvalue weighted by molar-refractivity contribution is 5.84. The van der Waals surface area contributed by atoms with Crippen molar-refractivity contribution in [1.29, 1.82) is 0 Å². The van der Waals surface area contributed by atoms with Crippen LogP contribution in [-0.4, -0.2) is 23.0 Å².